The molecule has 2 rings (SSSR count). The fourth-order valence-electron chi connectivity index (χ4n) is 2.60. The van der Waals surface area contributed by atoms with Crippen molar-refractivity contribution in [2.45, 2.75) is 52.6 Å². The molecule has 2 aromatic rings. The average Bonchev–Trinajstić information content (AvgIpc) is 3.13. The Kier molecular flexibility index (Phi) is 8.52. The zero-order valence-corrected chi connectivity index (χ0v) is 15.4. The molecular formula is C19H30N6. The van der Waals surface area contributed by atoms with E-state index in [4.69, 9.17) is 4.99 Å². The zero-order chi connectivity index (χ0) is 17.7. The quantitative estimate of drug-likeness (QED) is 0.396. The zero-order valence-electron chi connectivity index (χ0n) is 15.4. The third-order valence-corrected chi connectivity index (χ3v) is 3.89. The van der Waals surface area contributed by atoms with E-state index in [0.717, 1.165) is 25.6 Å². The Morgan fingerprint density at radius 3 is 2.76 bits per heavy atom. The Morgan fingerprint density at radius 2 is 2.00 bits per heavy atom. The van der Waals surface area contributed by atoms with Gasteiger partial charge in [0.15, 0.2) is 5.96 Å². The monoisotopic (exact) mass is 342 g/mol. The van der Waals surface area contributed by atoms with Gasteiger partial charge in [0.1, 0.15) is 12.7 Å². The van der Waals surface area contributed by atoms with Gasteiger partial charge in [-0.3, -0.25) is 0 Å². The highest BCUT2D eigenvalue weighted by molar-refractivity contribution is 5.79. The van der Waals surface area contributed by atoms with Crippen molar-refractivity contribution in [3.63, 3.8) is 0 Å². The maximum absolute atomic E-state index is 4.70. The summed E-state index contributed by atoms with van der Waals surface area (Å²) in [5.41, 5.74) is 2.40. The van der Waals surface area contributed by atoms with Gasteiger partial charge in [-0.2, -0.15) is 5.10 Å². The fraction of sp³-hybridized carbons (Fsp3) is 0.526. The lowest BCUT2D eigenvalue weighted by Gasteiger charge is -2.11. The molecule has 0 aliphatic carbocycles. The smallest absolute Gasteiger partial charge is 0.191 e. The molecule has 0 radical (unpaired) electrons. The van der Waals surface area contributed by atoms with Gasteiger partial charge in [-0.15, -0.1) is 0 Å². The van der Waals surface area contributed by atoms with Gasteiger partial charge in [0, 0.05) is 13.1 Å². The number of guanidine groups is 1. The second kappa shape index (κ2) is 11.2. The fourth-order valence-corrected chi connectivity index (χ4v) is 2.60. The standard InChI is InChI=1S/C19H30N6/c1-3-5-6-7-11-22-19(21-4-2)23-13-17-9-8-10-18(12-17)14-25-16-20-15-24-25/h8-10,12,15-16H,3-7,11,13-14H2,1-2H3,(H2,21,22,23). The number of aliphatic imine (C=N–C) groups is 1. The number of unbranched alkanes of at least 4 members (excludes halogenated alkanes) is 3. The van der Waals surface area contributed by atoms with E-state index in [2.05, 4.69) is 58.8 Å². The van der Waals surface area contributed by atoms with Crippen LogP contribution in [0, 0.1) is 0 Å². The van der Waals surface area contributed by atoms with Gasteiger partial charge in [0.05, 0.1) is 13.1 Å². The molecule has 1 aromatic heterocycles. The van der Waals surface area contributed by atoms with E-state index in [1.54, 1.807) is 12.7 Å². The van der Waals surface area contributed by atoms with E-state index in [-0.39, 0.29) is 0 Å². The molecule has 6 nitrogen and oxygen atoms in total. The first kappa shape index (κ1) is 19.0. The van der Waals surface area contributed by atoms with Gasteiger partial charge in [0.25, 0.3) is 0 Å². The predicted octanol–water partition coefficient (Wildman–Crippen LogP) is 2.96. The van der Waals surface area contributed by atoms with Crippen molar-refractivity contribution >= 4 is 5.96 Å². The Bertz CT molecular complexity index is 621. The molecular weight excluding hydrogens is 312 g/mol. The molecule has 2 N–H and O–H groups in total. The van der Waals surface area contributed by atoms with Gasteiger partial charge in [0.2, 0.25) is 0 Å². The molecule has 1 heterocycles. The first-order chi connectivity index (χ1) is 12.3. The summed E-state index contributed by atoms with van der Waals surface area (Å²) >= 11 is 0. The topological polar surface area (TPSA) is 67.1 Å². The number of benzene rings is 1. The number of nitrogens with one attached hydrogen (secondary N) is 2. The maximum Gasteiger partial charge on any atom is 0.191 e. The van der Waals surface area contributed by atoms with Crippen LogP contribution < -0.4 is 10.6 Å². The van der Waals surface area contributed by atoms with Gasteiger partial charge in [-0.1, -0.05) is 50.5 Å². The van der Waals surface area contributed by atoms with Crippen LogP contribution in [0.2, 0.25) is 0 Å². The van der Waals surface area contributed by atoms with Crippen LogP contribution in [0.4, 0.5) is 0 Å². The minimum Gasteiger partial charge on any atom is -0.357 e. The summed E-state index contributed by atoms with van der Waals surface area (Å²) in [6.07, 6.45) is 8.31. The molecule has 6 heteroatoms. The van der Waals surface area contributed by atoms with Crippen LogP contribution in [0.3, 0.4) is 0 Å². The second-order valence-electron chi connectivity index (χ2n) is 6.10. The van der Waals surface area contributed by atoms with E-state index >= 15 is 0 Å². The lowest BCUT2D eigenvalue weighted by atomic mass is 10.1. The summed E-state index contributed by atoms with van der Waals surface area (Å²) in [5.74, 6) is 0.890. The first-order valence-corrected chi connectivity index (χ1v) is 9.24. The van der Waals surface area contributed by atoms with Crippen LogP contribution >= 0.6 is 0 Å². The Morgan fingerprint density at radius 1 is 1.12 bits per heavy atom. The van der Waals surface area contributed by atoms with Crippen molar-refractivity contribution in [2.75, 3.05) is 13.1 Å². The molecule has 1 aromatic carbocycles. The van der Waals surface area contributed by atoms with Crippen molar-refractivity contribution in [3.05, 3.63) is 48.0 Å². The lowest BCUT2D eigenvalue weighted by Crippen LogP contribution is -2.37. The third-order valence-electron chi connectivity index (χ3n) is 3.89. The highest BCUT2D eigenvalue weighted by atomic mass is 15.3. The van der Waals surface area contributed by atoms with E-state index in [1.165, 1.54) is 36.8 Å². The molecule has 0 fully saturated rings. The van der Waals surface area contributed by atoms with Gasteiger partial charge in [-0.05, 0) is 24.5 Å². The van der Waals surface area contributed by atoms with Crippen LogP contribution in [0.25, 0.3) is 0 Å². The minimum atomic E-state index is 0.662. The predicted molar refractivity (Wildman–Crippen MR) is 103 cm³/mol. The average molecular weight is 342 g/mol. The van der Waals surface area contributed by atoms with Crippen LogP contribution in [-0.4, -0.2) is 33.8 Å². The van der Waals surface area contributed by atoms with E-state index in [9.17, 15) is 0 Å². The number of aromatic nitrogens is 3. The largest absolute Gasteiger partial charge is 0.357 e. The summed E-state index contributed by atoms with van der Waals surface area (Å²) < 4.78 is 1.82. The first-order valence-electron chi connectivity index (χ1n) is 9.24. The highest BCUT2D eigenvalue weighted by Crippen LogP contribution is 2.08. The maximum atomic E-state index is 4.70. The molecule has 0 saturated heterocycles. The van der Waals surface area contributed by atoms with E-state index in [1.807, 2.05) is 4.68 Å². The Hall–Kier alpha value is -2.37. The minimum absolute atomic E-state index is 0.662. The van der Waals surface area contributed by atoms with Crippen LogP contribution in [0.15, 0.2) is 41.9 Å². The van der Waals surface area contributed by atoms with Crippen molar-refractivity contribution in [2.24, 2.45) is 4.99 Å². The normalized spacial score (nSPS) is 11.5. The molecule has 0 amide bonds. The summed E-state index contributed by atoms with van der Waals surface area (Å²) in [6.45, 7) is 7.55. The Labute approximate surface area is 150 Å². The molecule has 25 heavy (non-hydrogen) atoms. The van der Waals surface area contributed by atoms with Gasteiger partial charge >= 0.3 is 0 Å². The number of nitrogens with zero attached hydrogens (tertiary/aromatic N) is 4. The van der Waals surface area contributed by atoms with Crippen molar-refractivity contribution in [1.29, 1.82) is 0 Å². The number of hydrogen-bond acceptors (Lipinski definition) is 3. The van der Waals surface area contributed by atoms with Crippen molar-refractivity contribution in [1.82, 2.24) is 25.4 Å². The van der Waals surface area contributed by atoms with Gasteiger partial charge in [-0.25, -0.2) is 14.7 Å². The molecule has 0 unspecified atom stereocenters. The summed E-state index contributed by atoms with van der Waals surface area (Å²) in [4.78, 5) is 8.68. The number of hydrogen-bond donors (Lipinski definition) is 2. The highest BCUT2D eigenvalue weighted by Gasteiger charge is 2.00. The lowest BCUT2D eigenvalue weighted by molar-refractivity contribution is 0.647. The molecule has 136 valence electrons. The summed E-state index contributed by atoms with van der Waals surface area (Å²) in [7, 11) is 0. The van der Waals surface area contributed by atoms with E-state index < -0.39 is 0 Å². The van der Waals surface area contributed by atoms with Gasteiger partial charge < -0.3 is 10.6 Å². The molecule has 0 saturated carbocycles. The second-order valence-corrected chi connectivity index (χ2v) is 6.10. The van der Waals surface area contributed by atoms with Crippen molar-refractivity contribution < 1.29 is 0 Å². The number of rotatable bonds is 10. The van der Waals surface area contributed by atoms with Crippen LogP contribution in [-0.2, 0) is 13.1 Å². The van der Waals surface area contributed by atoms with Crippen LogP contribution in [0.1, 0.15) is 50.7 Å². The SMILES string of the molecule is CCCCCCNC(=NCc1cccc(Cn2cncn2)c1)NCC. The van der Waals surface area contributed by atoms with Crippen molar-refractivity contribution in [3.8, 4) is 0 Å². The van der Waals surface area contributed by atoms with E-state index in [0.29, 0.717) is 6.54 Å². The Balaban J connectivity index is 1.87. The third kappa shape index (κ3) is 7.37. The molecule has 0 spiro atoms. The molecule has 0 bridgehead atoms. The van der Waals surface area contributed by atoms with Crippen LogP contribution in [0.5, 0.6) is 0 Å². The molecule has 0 aliphatic rings. The summed E-state index contributed by atoms with van der Waals surface area (Å²) in [5, 5.41) is 10.9. The summed E-state index contributed by atoms with van der Waals surface area (Å²) in [6, 6.07) is 8.46. The molecule has 0 atom stereocenters. The molecule has 0 aliphatic heterocycles.